The van der Waals surface area contributed by atoms with Crippen LogP contribution in [0.3, 0.4) is 0 Å². The van der Waals surface area contributed by atoms with Crippen LogP contribution in [0.4, 0.5) is 5.88 Å². The Morgan fingerprint density at radius 3 is 2.58 bits per heavy atom. The predicted molar refractivity (Wildman–Crippen MR) is 105 cm³/mol. The fourth-order valence-corrected chi connectivity index (χ4v) is 3.39. The van der Waals surface area contributed by atoms with Crippen molar-refractivity contribution in [1.29, 1.82) is 0 Å². The minimum absolute atomic E-state index is 0.0111. The van der Waals surface area contributed by atoms with Crippen molar-refractivity contribution in [2.75, 3.05) is 45.3 Å². The molecule has 2 heterocycles. The Hall–Kier alpha value is -1.86. The Morgan fingerprint density at radius 2 is 1.96 bits per heavy atom. The lowest BCUT2D eigenvalue weighted by molar-refractivity contribution is 0.0827. The van der Waals surface area contributed by atoms with Crippen LogP contribution in [0.25, 0.3) is 11.0 Å². The van der Waals surface area contributed by atoms with Crippen LogP contribution >= 0.6 is 15.9 Å². The molecule has 0 bridgehead atoms. The first-order chi connectivity index (χ1) is 12.4. The van der Waals surface area contributed by atoms with Crippen LogP contribution in [0, 0.1) is 0 Å². The first-order valence-corrected chi connectivity index (χ1v) is 9.64. The lowest BCUT2D eigenvalue weighted by atomic mass is 10.0. The molecule has 0 radical (unpaired) electrons. The molecule has 3 rings (SSSR count). The Kier molecular flexibility index (Phi) is 5.67. The van der Waals surface area contributed by atoms with Gasteiger partial charge in [-0.3, -0.25) is 9.59 Å². The quantitative estimate of drug-likeness (QED) is 0.707. The van der Waals surface area contributed by atoms with E-state index in [1.807, 2.05) is 17.9 Å². The molecule has 1 aromatic carbocycles. The van der Waals surface area contributed by atoms with Crippen molar-refractivity contribution in [3.05, 3.63) is 39.5 Å². The number of nitrogens with zero attached hydrogens (tertiary/aromatic N) is 2. The van der Waals surface area contributed by atoms with Gasteiger partial charge in [0.2, 0.25) is 0 Å². The highest BCUT2D eigenvalue weighted by Gasteiger charge is 2.21. The molecule has 1 unspecified atom stereocenters. The zero-order valence-electron chi connectivity index (χ0n) is 15.3. The molecule has 0 saturated carbocycles. The van der Waals surface area contributed by atoms with Crippen LogP contribution in [-0.4, -0.2) is 51.2 Å². The highest BCUT2D eigenvalue weighted by Crippen LogP contribution is 2.34. The highest BCUT2D eigenvalue weighted by molar-refractivity contribution is 9.09. The molecule has 1 amide bonds. The largest absolute Gasteiger partial charge is 0.440 e. The molecule has 1 fully saturated rings. The number of anilines is 1. The number of benzene rings is 1. The molecule has 1 atom stereocenters. The molecule has 0 aliphatic carbocycles. The van der Waals surface area contributed by atoms with E-state index < -0.39 is 0 Å². The van der Waals surface area contributed by atoms with E-state index >= 15 is 0 Å². The van der Waals surface area contributed by atoms with Crippen LogP contribution in [0.1, 0.15) is 34.1 Å². The lowest BCUT2D eigenvalue weighted by Gasteiger charge is -2.27. The zero-order chi connectivity index (χ0) is 18.8. The van der Waals surface area contributed by atoms with Crippen molar-refractivity contribution in [1.82, 2.24) is 4.90 Å². The van der Waals surface area contributed by atoms with Gasteiger partial charge < -0.3 is 19.0 Å². The second kappa shape index (κ2) is 7.80. The number of hydrogen-bond acceptors (Lipinski definition) is 5. The van der Waals surface area contributed by atoms with E-state index in [0.717, 1.165) is 12.0 Å². The van der Waals surface area contributed by atoms with Gasteiger partial charge in [0.05, 0.1) is 18.6 Å². The van der Waals surface area contributed by atoms with Crippen molar-refractivity contribution in [3.63, 3.8) is 0 Å². The summed E-state index contributed by atoms with van der Waals surface area (Å²) >= 11 is 3.65. The molecule has 2 aromatic rings. The average molecular weight is 423 g/mol. The Labute approximate surface area is 160 Å². The van der Waals surface area contributed by atoms with Crippen molar-refractivity contribution in [3.8, 4) is 0 Å². The summed E-state index contributed by atoms with van der Waals surface area (Å²) in [5.74, 6) is 0.412. The van der Waals surface area contributed by atoms with Crippen molar-refractivity contribution in [2.24, 2.45) is 0 Å². The number of alkyl halides is 1. The van der Waals surface area contributed by atoms with Gasteiger partial charge in [0, 0.05) is 49.2 Å². The van der Waals surface area contributed by atoms with Crippen LogP contribution in [0.2, 0.25) is 0 Å². The Morgan fingerprint density at radius 1 is 1.27 bits per heavy atom. The van der Waals surface area contributed by atoms with Gasteiger partial charge in [0.1, 0.15) is 5.58 Å². The first kappa shape index (κ1) is 18.9. The second-order valence-corrected chi connectivity index (χ2v) is 7.67. The fraction of sp³-hybridized carbons (Fsp3) is 0.474. The monoisotopic (exact) mass is 422 g/mol. The fourth-order valence-electron chi connectivity index (χ4n) is 3.05. The molecule has 1 saturated heterocycles. The van der Waals surface area contributed by atoms with E-state index in [2.05, 4.69) is 15.9 Å². The third-order valence-corrected chi connectivity index (χ3v) is 5.66. The lowest BCUT2D eigenvalue weighted by Crippen LogP contribution is -2.36. The molecule has 1 aliphatic heterocycles. The van der Waals surface area contributed by atoms with Gasteiger partial charge in [-0.2, -0.15) is 0 Å². The van der Waals surface area contributed by atoms with Crippen molar-refractivity contribution in [2.45, 2.75) is 18.2 Å². The molecule has 7 heteroatoms. The van der Waals surface area contributed by atoms with E-state index in [0.29, 0.717) is 48.7 Å². The average Bonchev–Trinajstić information content (AvgIpc) is 2.66. The van der Waals surface area contributed by atoms with Gasteiger partial charge in [-0.25, -0.2) is 0 Å². The number of carbonyl (C=O) groups excluding carboxylic acids is 1. The van der Waals surface area contributed by atoms with Crippen LogP contribution < -0.4 is 10.3 Å². The van der Waals surface area contributed by atoms with Crippen molar-refractivity contribution < 1.29 is 13.9 Å². The van der Waals surface area contributed by atoms with Crippen LogP contribution in [-0.2, 0) is 4.74 Å². The third kappa shape index (κ3) is 3.64. The summed E-state index contributed by atoms with van der Waals surface area (Å²) in [6.45, 7) is 4.64. The number of hydrogen-bond donors (Lipinski definition) is 0. The number of carbonyl (C=O) groups is 1. The number of amides is 1. The van der Waals surface area contributed by atoms with Crippen LogP contribution in [0.15, 0.2) is 27.4 Å². The maximum Gasteiger partial charge on any atom is 0.253 e. The summed E-state index contributed by atoms with van der Waals surface area (Å²) in [6, 6.07) is 4.96. The Bertz CT molecular complexity index is 872. The molecule has 26 heavy (non-hydrogen) atoms. The van der Waals surface area contributed by atoms with Gasteiger partial charge in [-0.1, -0.05) is 22.9 Å². The molecule has 1 aliphatic rings. The minimum Gasteiger partial charge on any atom is -0.440 e. The summed E-state index contributed by atoms with van der Waals surface area (Å²) in [4.78, 5) is 28.7. The molecule has 1 aromatic heterocycles. The highest BCUT2D eigenvalue weighted by atomic mass is 79.9. The number of fused-ring (bicyclic) bond motifs is 1. The molecular weight excluding hydrogens is 400 g/mol. The van der Waals surface area contributed by atoms with Gasteiger partial charge in [-0.05, 0) is 18.6 Å². The topological polar surface area (TPSA) is 63.0 Å². The van der Waals surface area contributed by atoms with Gasteiger partial charge in [-0.15, -0.1) is 0 Å². The standard InChI is InChI=1S/C19H23BrN2O4/c1-4-15(20)13-9-12(19(24)21(2)3)10-14-16(23)11-17(26-18(13)14)22-5-7-25-8-6-22/h9-11,15H,4-8H2,1-3H3. The zero-order valence-corrected chi connectivity index (χ0v) is 16.8. The van der Waals surface area contributed by atoms with Gasteiger partial charge in [0.25, 0.3) is 5.91 Å². The summed E-state index contributed by atoms with van der Waals surface area (Å²) in [5.41, 5.74) is 1.71. The number of morpholine rings is 1. The number of rotatable bonds is 4. The number of ether oxygens (including phenoxy) is 1. The molecular formula is C19H23BrN2O4. The first-order valence-electron chi connectivity index (χ1n) is 8.72. The Balaban J connectivity index is 2.20. The molecule has 140 valence electrons. The minimum atomic E-state index is -0.141. The molecule has 0 N–H and O–H groups in total. The third-order valence-electron chi connectivity index (χ3n) is 4.52. The van der Waals surface area contributed by atoms with E-state index in [1.165, 1.54) is 11.0 Å². The maximum absolute atomic E-state index is 12.8. The smallest absolute Gasteiger partial charge is 0.253 e. The van der Waals surface area contributed by atoms with E-state index in [-0.39, 0.29) is 16.2 Å². The summed E-state index contributed by atoms with van der Waals surface area (Å²) in [5, 5.41) is 0.433. The van der Waals surface area contributed by atoms with Gasteiger partial charge >= 0.3 is 0 Å². The molecule has 6 nitrogen and oxygen atoms in total. The SMILES string of the molecule is CCC(Br)c1cc(C(=O)N(C)C)cc2c(=O)cc(N3CCOCC3)oc12. The maximum atomic E-state index is 12.8. The predicted octanol–water partition coefficient (Wildman–Crippen LogP) is 3.18. The normalized spacial score (nSPS) is 15.9. The summed E-state index contributed by atoms with van der Waals surface area (Å²) in [6.07, 6.45) is 0.806. The van der Waals surface area contributed by atoms with Crippen molar-refractivity contribution >= 4 is 38.7 Å². The van der Waals surface area contributed by atoms with Crippen LogP contribution in [0.5, 0.6) is 0 Å². The van der Waals surface area contributed by atoms with E-state index in [9.17, 15) is 9.59 Å². The van der Waals surface area contributed by atoms with Gasteiger partial charge in [0.15, 0.2) is 11.3 Å². The second-order valence-electron chi connectivity index (χ2n) is 6.57. The molecule has 0 spiro atoms. The summed E-state index contributed by atoms with van der Waals surface area (Å²) in [7, 11) is 3.39. The van der Waals surface area contributed by atoms with E-state index in [1.54, 1.807) is 20.2 Å². The number of halogens is 1. The van der Waals surface area contributed by atoms with E-state index in [4.69, 9.17) is 9.15 Å². The summed E-state index contributed by atoms with van der Waals surface area (Å²) < 4.78 is 11.5.